The molecule has 0 radical (unpaired) electrons. The van der Waals surface area contributed by atoms with Gasteiger partial charge in [0.25, 0.3) is 0 Å². The Bertz CT molecular complexity index is 467. The van der Waals surface area contributed by atoms with Crippen LogP contribution in [0.5, 0.6) is 0 Å². The lowest BCUT2D eigenvalue weighted by Crippen LogP contribution is -2.11. The molecule has 2 aromatic heterocycles. The molecule has 1 N–H and O–H groups in total. The highest BCUT2D eigenvalue weighted by Crippen LogP contribution is 2.18. The summed E-state index contributed by atoms with van der Waals surface area (Å²) in [5, 5.41) is 14.1. The molecule has 0 aliphatic rings. The molecule has 2 aromatic rings. The molecule has 0 bridgehead atoms. The van der Waals surface area contributed by atoms with E-state index in [0.717, 1.165) is 11.1 Å². The predicted molar refractivity (Wildman–Crippen MR) is 59.0 cm³/mol. The molecule has 1 atom stereocenters. The number of hydrogen-bond acceptors (Lipinski definition) is 4. The summed E-state index contributed by atoms with van der Waals surface area (Å²) in [5.41, 5.74) is 1.55. The van der Waals surface area contributed by atoms with Gasteiger partial charge in [-0.1, -0.05) is 0 Å². The Labute approximate surface area is 93.7 Å². The largest absolute Gasteiger partial charge is 0.386 e. The van der Waals surface area contributed by atoms with Crippen LogP contribution in [0.4, 0.5) is 0 Å². The standard InChI is InChI=1S/C11H15N3O2/c1-8(2)16-7-11(15)9-5-13-14-4-3-12-6-10(9)14/h3-6,8,11,15H,7H2,1-2H3. The van der Waals surface area contributed by atoms with E-state index in [1.54, 1.807) is 29.3 Å². The smallest absolute Gasteiger partial charge is 0.106 e. The number of nitrogens with zero attached hydrogens (tertiary/aromatic N) is 3. The van der Waals surface area contributed by atoms with E-state index in [1.165, 1.54) is 0 Å². The average molecular weight is 221 g/mol. The van der Waals surface area contributed by atoms with Crippen LogP contribution < -0.4 is 0 Å². The summed E-state index contributed by atoms with van der Waals surface area (Å²) in [6.07, 6.45) is 6.17. The summed E-state index contributed by atoms with van der Waals surface area (Å²) in [7, 11) is 0. The summed E-state index contributed by atoms with van der Waals surface area (Å²) in [6.45, 7) is 4.14. The molecule has 0 saturated heterocycles. The van der Waals surface area contributed by atoms with Crippen molar-refractivity contribution in [2.75, 3.05) is 6.61 Å². The number of aromatic nitrogens is 3. The van der Waals surface area contributed by atoms with E-state index in [4.69, 9.17) is 4.74 Å². The van der Waals surface area contributed by atoms with Gasteiger partial charge in [0.15, 0.2) is 0 Å². The molecule has 5 nitrogen and oxygen atoms in total. The fourth-order valence-corrected chi connectivity index (χ4v) is 1.48. The second-order valence-electron chi connectivity index (χ2n) is 3.90. The zero-order chi connectivity index (χ0) is 11.5. The van der Waals surface area contributed by atoms with Crippen molar-refractivity contribution >= 4 is 5.52 Å². The van der Waals surface area contributed by atoms with Gasteiger partial charge >= 0.3 is 0 Å². The molecule has 2 heterocycles. The zero-order valence-electron chi connectivity index (χ0n) is 9.37. The van der Waals surface area contributed by atoms with E-state index >= 15 is 0 Å². The Morgan fingerprint density at radius 1 is 1.44 bits per heavy atom. The van der Waals surface area contributed by atoms with Gasteiger partial charge in [-0.05, 0) is 13.8 Å². The number of aliphatic hydroxyl groups is 1. The third-order valence-electron chi connectivity index (χ3n) is 2.30. The monoisotopic (exact) mass is 221 g/mol. The second-order valence-corrected chi connectivity index (χ2v) is 3.90. The fourth-order valence-electron chi connectivity index (χ4n) is 1.48. The van der Waals surface area contributed by atoms with Crippen molar-refractivity contribution in [3.05, 3.63) is 30.4 Å². The van der Waals surface area contributed by atoms with Crippen molar-refractivity contribution in [1.82, 2.24) is 14.6 Å². The van der Waals surface area contributed by atoms with Crippen LogP contribution in [0, 0.1) is 0 Å². The van der Waals surface area contributed by atoms with Gasteiger partial charge in [-0.25, -0.2) is 4.52 Å². The third-order valence-corrected chi connectivity index (χ3v) is 2.30. The van der Waals surface area contributed by atoms with Crippen molar-refractivity contribution in [1.29, 1.82) is 0 Å². The first-order chi connectivity index (χ1) is 7.68. The second kappa shape index (κ2) is 4.59. The van der Waals surface area contributed by atoms with Crippen LogP contribution in [-0.4, -0.2) is 32.4 Å². The van der Waals surface area contributed by atoms with E-state index in [2.05, 4.69) is 10.1 Å². The lowest BCUT2D eigenvalue weighted by molar-refractivity contribution is 0.00546. The topological polar surface area (TPSA) is 59.7 Å². The van der Waals surface area contributed by atoms with Gasteiger partial charge in [-0.3, -0.25) is 4.98 Å². The van der Waals surface area contributed by atoms with Gasteiger partial charge < -0.3 is 9.84 Å². The molecule has 86 valence electrons. The molecule has 0 aromatic carbocycles. The van der Waals surface area contributed by atoms with Crippen LogP contribution in [0.2, 0.25) is 0 Å². The lowest BCUT2D eigenvalue weighted by Gasteiger charge is -2.12. The molecule has 5 heteroatoms. The number of fused-ring (bicyclic) bond motifs is 1. The van der Waals surface area contributed by atoms with Crippen LogP contribution >= 0.6 is 0 Å². The normalized spacial score (nSPS) is 13.5. The first-order valence-electron chi connectivity index (χ1n) is 5.25. The highest BCUT2D eigenvalue weighted by Gasteiger charge is 2.14. The van der Waals surface area contributed by atoms with Crippen LogP contribution in [0.25, 0.3) is 5.52 Å². The van der Waals surface area contributed by atoms with Gasteiger partial charge in [0, 0.05) is 18.0 Å². The molecule has 2 rings (SSSR count). The van der Waals surface area contributed by atoms with E-state index in [1.807, 2.05) is 13.8 Å². The Morgan fingerprint density at radius 3 is 3.00 bits per heavy atom. The molecule has 16 heavy (non-hydrogen) atoms. The molecule has 0 spiro atoms. The van der Waals surface area contributed by atoms with E-state index in [0.29, 0.717) is 0 Å². The van der Waals surface area contributed by atoms with Gasteiger partial charge in [0.05, 0.1) is 30.6 Å². The number of rotatable bonds is 4. The first-order valence-corrected chi connectivity index (χ1v) is 5.25. The predicted octanol–water partition coefficient (Wildman–Crippen LogP) is 1.19. The van der Waals surface area contributed by atoms with Crippen molar-refractivity contribution < 1.29 is 9.84 Å². The Balaban J connectivity index is 2.19. The number of ether oxygens (including phenoxy) is 1. The molecule has 1 unspecified atom stereocenters. The quantitative estimate of drug-likeness (QED) is 0.842. The lowest BCUT2D eigenvalue weighted by atomic mass is 10.2. The molecule has 0 saturated carbocycles. The Hall–Kier alpha value is -1.46. The highest BCUT2D eigenvalue weighted by atomic mass is 16.5. The molecular weight excluding hydrogens is 206 g/mol. The van der Waals surface area contributed by atoms with E-state index < -0.39 is 6.10 Å². The SMILES string of the molecule is CC(C)OCC(O)c1cnn2ccncc12. The number of hydrogen-bond donors (Lipinski definition) is 1. The summed E-state index contributed by atoms with van der Waals surface area (Å²) in [5.74, 6) is 0. The Morgan fingerprint density at radius 2 is 2.25 bits per heavy atom. The van der Waals surface area contributed by atoms with Gasteiger partial charge in [-0.15, -0.1) is 0 Å². The Kier molecular flexibility index (Phi) is 3.17. The third kappa shape index (κ3) is 2.20. The van der Waals surface area contributed by atoms with Crippen LogP contribution in [0.3, 0.4) is 0 Å². The van der Waals surface area contributed by atoms with Gasteiger partial charge in [0.2, 0.25) is 0 Å². The molecule has 0 aliphatic carbocycles. The number of aliphatic hydroxyl groups excluding tert-OH is 1. The van der Waals surface area contributed by atoms with Crippen molar-refractivity contribution in [3.63, 3.8) is 0 Å². The summed E-state index contributed by atoms with van der Waals surface area (Å²) < 4.78 is 7.05. The minimum Gasteiger partial charge on any atom is -0.386 e. The van der Waals surface area contributed by atoms with Crippen molar-refractivity contribution in [3.8, 4) is 0 Å². The minimum absolute atomic E-state index is 0.106. The minimum atomic E-state index is -0.663. The molecule has 0 fully saturated rings. The van der Waals surface area contributed by atoms with Crippen LogP contribution in [-0.2, 0) is 4.74 Å². The first kappa shape index (κ1) is 11.0. The van der Waals surface area contributed by atoms with Crippen LogP contribution in [0.15, 0.2) is 24.8 Å². The highest BCUT2D eigenvalue weighted by molar-refractivity contribution is 5.52. The van der Waals surface area contributed by atoms with E-state index in [9.17, 15) is 5.11 Å². The summed E-state index contributed by atoms with van der Waals surface area (Å²) in [4.78, 5) is 4.01. The van der Waals surface area contributed by atoms with Crippen molar-refractivity contribution in [2.45, 2.75) is 26.1 Å². The van der Waals surface area contributed by atoms with Gasteiger partial charge in [-0.2, -0.15) is 5.10 Å². The van der Waals surface area contributed by atoms with Gasteiger partial charge in [0.1, 0.15) is 6.10 Å². The summed E-state index contributed by atoms with van der Waals surface area (Å²) in [6, 6.07) is 0. The maximum absolute atomic E-state index is 9.95. The molecule has 0 amide bonds. The maximum atomic E-state index is 9.95. The van der Waals surface area contributed by atoms with Crippen molar-refractivity contribution in [2.24, 2.45) is 0 Å². The summed E-state index contributed by atoms with van der Waals surface area (Å²) >= 11 is 0. The zero-order valence-corrected chi connectivity index (χ0v) is 9.37. The van der Waals surface area contributed by atoms with E-state index in [-0.39, 0.29) is 12.7 Å². The molecule has 0 aliphatic heterocycles. The fraction of sp³-hybridized carbons (Fsp3) is 0.455. The average Bonchev–Trinajstić information content (AvgIpc) is 2.69. The van der Waals surface area contributed by atoms with Crippen LogP contribution in [0.1, 0.15) is 25.5 Å². The maximum Gasteiger partial charge on any atom is 0.106 e. The molecular formula is C11H15N3O2.